The van der Waals surface area contributed by atoms with Crippen LogP contribution in [0.2, 0.25) is 0 Å². The lowest BCUT2D eigenvalue weighted by atomic mass is 10.0. The van der Waals surface area contributed by atoms with Gasteiger partial charge in [-0.1, -0.05) is 90.9 Å². The van der Waals surface area contributed by atoms with E-state index in [1.807, 2.05) is 0 Å². The van der Waals surface area contributed by atoms with Gasteiger partial charge in [0, 0.05) is 0 Å². The highest BCUT2D eigenvalue weighted by atomic mass is 32.2. The average Bonchev–Trinajstić information content (AvgIpc) is 2.55. The van der Waals surface area contributed by atoms with Crippen LogP contribution in [0.15, 0.2) is 0 Å². The Morgan fingerprint density at radius 2 is 1.12 bits per heavy atom. The highest BCUT2D eigenvalue weighted by Gasteiger charge is 2.21. The predicted molar refractivity (Wildman–Crippen MR) is 107 cm³/mol. The first-order valence-electron chi connectivity index (χ1n) is 10.6. The maximum absolute atomic E-state index is 11.1. The lowest BCUT2D eigenvalue weighted by Gasteiger charge is -2.14. The smallest absolute Gasteiger partial charge is 0.267 e. The number of hydrogen-bond acceptors (Lipinski definition) is 3. The SMILES string of the molecule is CCCCCCCCCCCCCCC(O)CCC(CC)S(=O)(=O)O. The van der Waals surface area contributed by atoms with Gasteiger partial charge in [0.1, 0.15) is 0 Å². The van der Waals surface area contributed by atoms with Crippen molar-refractivity contribution in [1.29, 1.82) is 0 Å². The predicted octanol–water partition coefficient (Wildman–Crippen LogP) is 5.89. The van der Waals surface area contributed by atoms with Crippen LogP contribution in [0.25, 0.3) is 0 Å². The van der Waals surface area contributed by atoms with Gasteiger partial charge >= 0.3 is 0 Å². The van der Waals surface area contributed by atoms with E-state index in [2.05, 4.69) is 6.92 Å². The second kappa shape index (κ2) is 16.1. The summed E-state index contributed by atoms with van der Waals surface area (Å²) in [6.07, 6.45) is 17.0. The molecule has 0 aliphatic heterocycles. The molecule has 0 saturated heterocycles. The molecule has 25 heavy (non-hydrogen) atoms. The maximum Gasteiger partial charge on any atom is 0.267 e. The summed E-state index contributed by atoms with van der Waals surface area (Å²) in [6, 6.07) is 0. The summed E-state index contributed by atoms with van der Waals surface area (Å²) in [5.74, 6) is 0. The molecule has 0 aromatic rings. The summed E-state index contributed by atoms with van der Waals surface area (Å²) in [5.41, 5.74) is 0. The van der Waals surface area contributed by atoms with E-state index in [0.717, 1.165) is 19.3 Å². The van der Waals surface area contributed by atoms with Gasteiger partial charge in [-0.05, 0) is 25.7 Å². The minimum atomic E-state index is -3.97. The van der Waals surface area contributed by atoms with Crippen LogP contribution in [0.4, 0.5) is 0 Å². The fourth-order valence-corrected chi connectivity index (χ4v) is 4.16. The summed E-state index contributed by atoms with van der Waals surface area (Å²) in [4.78, 5) is 0. The number of rotatable bonds is 18. The van der Waals surface area contributed by atoms with Crippen LogP contribution in [0, 0.1) is 0 Å². The van der Waals surface area contributed by atoms with Crippen LogP contribution >= 0.6 is 0 Å². The fourth-order valence-electron chi connectivity index (χ4n) is 3.31. The van der Waals surface area contributed by atoms with Gasteiger partial charge in [0.05, 0.1) is 11.4 Å². The lowest BCUT2D eigenvalue weighted by molar-refractivity contribution is 0.147. The Balaban J connectivity index is 3.42. The molecule has 0 saturated carbocycles. The Kier molecular flexibility index (Phi) is 16.0. The van der Waals surface area contributed by atoms with Crippen LogP contribution in [-0.4, -0.2) is 29.4 Å². The van der Waals surface area contributed by atoms with Crippen LogP contribution in [0.3, 0.4) is 0 Å². The zero-order valence-electron chi connectivity index (χ0n) is 16.6. The summed E-state index contributed by atoms with van der Waals surface area (Å²) in [6.45, 7) is 4.00. The van der Waals surface area contributed by atoms with E-state index in [4.69, 9.17) is 4.55 Å². The second-order valence-corrected chi connectivity index (χ2v) is 9.15. The van der Waals surface area contributed by atoms with Crippen LogP contribution < -0.4 is 0 Å². The van der Waals surface area contributed by atoms with Gasteiger partial charge in [-0.15, -0.1) is 0 Å². The summed E-state index contributed by atoms with van der Waals surface area (Å²) in [5, 5.41) is 9.21. The van der Waals surface area contributed by atoms with Crippen molar-refractivity contribution < 1.29 is 18.1 Å². The van der Waals surface area contributed by atoms with Gasteiger partial charge in [0.2, 0.25) is 0 Å². The molecule has 2 atom stereocenters. The summed E-state index contributed by atoms with van der Waals surface area (Å²) < 4.78 is 31.3. The Bertz CT molecular complexity index is 381. The highest BCUT2D eigenvalue weighted by molar-refractivity contribution is 7.86. The van der Waals surface area contributed by atoms with Crippen molar-refractivity contribution in [2.45, 2.75) is 128 Å². The number of hydrogen-bond donors (Lipinski definition) is 2. The molecule has 0 fully saturated rings. The van der Waals surface area contributed by atoms with Gasteiger partial charge < -0.3 is 5.11 Å². The molecule has 0 aliphatic carbocycles. The maximum atomic E-state index is 11.1. The molecule has 5 heteroatoms. The van der Waals surface area contributed by atoms with Crippen molar-refractivity contribution >= 4 is 10.1 Å². The summed E-state index contributed by atoms with van der Waals surface area (Å²) in [7, 11) is -3.97. The third-order valence-corrected chi connectivity index (χ3v) is 6.50. The first-order chi connectivity index (χ1) is 11.9. The minimum Gasteiger partial charge on any atom is -0.393 e. The van der Waals surface area contributed by atoms with E-state index in [9.17, 15) is 13.5 Å². The molecule has 0 bridgehead atoms. The molecule has 0 spiro atoms. The van der Waals surface area contributed by atoms with Crippen LogP contribution in [0.1, 0.15) is 117 Å². The van der Waals surface area contributed by atoms with Crippen molar-refractivity contribution in [3.05, 3.63) is 0 Å². The van der Waals surface area contributed by atoms with Gasteiger partial charge in [-0.3, -0.25) is 4.55 Å². The largest absolute Gasteiger partial charge is 0.393 e. The number of aliphatic hydroxyl groups is 1. The van der Waals surface area contributed by atoms with Crippen molar-refractivity contribution in [3.63, 3.8) is 0 Å². The van der Waals surface area contributed by atoms with Gasteiger partial charge in [-0.25, -0.2) is 0 Å². The normalized spacial score (nSPS) is 14.6. The Morgan fingerprint density at radius 3 is 1.52 bits per heavy atom. The molecule has 0 aromatic heterocycles. The van der Waals surface area contributed by atoms with Gasteiger partial charge in [0.15, 0.2) is 0 Å². The zero-order valence-corrected chi connectivity index (χ0v) is 17.4. The molecule has 0 rings (SSSR count). The molecule has 2 N–H and O–H groups in total. The molecule has 0 aromatic carbocycles. The standard InChI is InChI=1S/C20H42O4S/c1-3-5-6-7-8-9-10-11-12-13-14-15-16-19(21)17-18-20(4-2)25(22,23)24/h19-21H,3-18H2,1-2H3,(H,22,23,24). The van der Waals surface area contributed by atoms with Crippen molar-refractivity contribution in [2.24, 2.45) is 0 Å². The van der Waals surface area contributed by atoms with Crippen molar-refractivity contribution in [2.75, 3.05) is 0 Å². The van der Waals surface area contributed by atoms with Crippen molar-refractivity contribution in [1.82, 2.24) is 0 Å². The number of unbranched alkanes of at least 4 members (excludes halogenated alkanes) is 11. The van der Waals surface area contributed by atoms with Gasteiger partial charge in [-0.2, -0.15) is 8.42 Å². The van der Waals surface area contributed by atoms with E-state index < -0.39 is 21.5 Å². The average molecular weight is 379 g/mol. The lowest BCUT2D eigenvalue weighted by Crippen LogP contribution is -2.21. The quantitative estimate of drug-likeness (QED) is 0.230. The molecule has 0 amide bonds. The Hall–Kier alpha value is -0.130. The topological polar surface area (TPSA) is 74.6 Å². The molecular formula is C20H42O4S. The third kappa shape index (κ3) is 15.8. The summed E-state index contributed by atoms with van der Waals surface area (Å²) >= 11 is 0. The molecule has 0 radical (unpaired) electrons. The Morgan fingerprint density at radius 1 is 0.680 bits per heavy atom. The van der Waals surface area contributed by atoms with E-state index in [0.29, 0.717) is 19.3 Å². The molecule has 2 unspecified atom stereocenters. The number of aliphatic hydroxyl groups excluding tert-OH is 1. The van der Waals surface area contributed by atoms with Crippen LogP contribution in [-0.2, 0) is 10.1 Å². The molecule has 152 valence electrons. The Labute approximate surface area is 156 Å². The first kappa shape index (κ1) is 24.9. The first-order valence-corrected chi connectivity index (χ1v) is 12.1. The minimum absolute atomic E-state index is 0.342. The van der Waals surface area contributed by atoms with E-state index in [1.165, 1.54) is 64.2 Å². The molecular weight excluding hydrogens is 336 g/mol. The molecule has 0 heterocycles. The third-order valence-electron chi connectivity index (χ3n) is 5.09. The van der Waals surface area contributed by atoms with Gasteiger partial charge in [0.25, 0.3) is 10.1 Å². The van der Waals surface area contributed by atoms with E-state index in [-0.39, 0.29) is 0 Å². The van der Waals surface area contributed by atoms with Crippen LogP contribution in [0.5, 0.6) is 0 Å². The second-order valence-electron chi connectivity index (χ2n) is 7.45. The molecule has 0 aliphatic rings. The molecule has 4 nitrogen and oxygen atoms in total. The van der Waals surface area contributed by atoms with E-state index >= 15 is 0 Å². The fraction of sp³-hybridized carbons (Fsp3) is 1.00. The monoisotopic (exact) mass is 378 g/mol. The zero-order chi connectivity index (χ0) is 19.0. The van der Waals surface area contributed by atoms with Crippen molar-refractivity contribution in [3.8, 4) is 0 Å². The van der Waals surface area contributed by atoms with E-state index in [1.54, 1.807) is 6.92 Å². The highest BCUT2D eigenvalue weighted by Crippen LogP contribution is 2.17.